The summed E-state index contributed by atoms with van der Waals surface area (Å²) in [5.74, 6) is -0.546. The topological polar surface area (TPSA) is 69.9 Å². The molecule has 1 aromatic carbocycles. The number of carbonyl (C=O) groups excluding carboxylic acids is 1. The fourth-order valence-corrected chi connectivity index (χ4v) is 1.77. The van der Waals surface area contributed by atoms with Crippen molar-refractivity contribution in [3.05, 3.63) is 48.5 Å². The number of para-hydroxylation sites is 1. The van der Waals surface area contributed by atoms with Crippen LogP contribution in [-0.2, 0) is 4.74 Å². The molecule has 0 aliphatic carbocycles. The molecule has 2 aromatic heterocycles. The predicted octanol–water partition coefficient (Wildman–Crippen LogP) is 1.60. The van der Waals surface area contributed by atoms with E-state index in [0.29, 0.717) is 5.65 Å². The van der Waals surface area contributed by atoms with E-state index in [1.807, 2.05) is 30.3 Å². The van der Waals surface area contributed by atoms with Gasteiger partial charge < -0.3 is 4.74 Å². The number of esters is 1. The highest BCUT2D eigenvalue weighted by Crippen LogP contribution is 2.15. The first-order valence-corrected chi connectivity index (χ1v) is 5.64. The Hall–Kier alpha value is -2.76. The van der Waals surface area contributed by atoms with Crippen molar-refractivity contribution in [1.29, 1.82) is 0 Å². The lowest BCUT2D eigenvalue weighted by molar-refractivity contribution is 0.0587. The van der Waals surface area contributed by atoms with E-state index in [9.17, 15) is 4.79 Å². The van der Waals surface area contributed by atoms with Crippen LogP contribution in [0.15, 0.2) is 42.7 Å². The molecule has 19 heavy (non-hydrogen) atoms. The Morgan fingerprint density at radius 1 is 1.21 bits per heavy atom. The number of hydrogen-bond acceptors (Lipinski definition) is 5. The summed E-state index contributed by atoms with van der Waals surface area (Å²) in [5.41, 5.74) is 1.44. The van der Waals surface area contributed by atoms with Gasteiger partial charge in [-0.15, -0.1) is 0 Å². The molecule has 0 fully saturated rings. The Labute approximate surface area is 108 Å². The van der Waals surface area contributed by atoms with Crippen LogP contribution in [-0.4, -0.2) is 32.8 Å². The molecule has 94 valence electrons. The van der Waals surface area contributed by atoms with Crippen molar-refractivity contribution in [2.24, 2.45) is 0 Å². The summed E-state index contributed by atoms with van der Waals surface area (Å²) in [4.78, 5) is 19.6. The lowest BCUT2D eigenvalue weighted by Crippen LogP contribution is -2.08. The molecule has 6 heteroatoms. The summed E-state index contributed by atoms with van der Waals surface area (Å²) in [7, 11) is 1.30. The first-order valence-electron chi connectivity index (χ1n) is 5.64. The molecular weight excluding hydrogens is 244 g/mol. The Kier molecular flexibility index (Phi) is 2.68. The van der Waals surface area contributed by atoms with E-state index in [-0.39, 0.29) is 5.82 Å². The maximum absolute atomic E-state index is 11.4. The van der Waals surface area contributed by atoms with Gasteiger partial charge in [0, 0.05) is 6.20 Å². The van der Waals surface area contributed by atoms with Gasteiger partial charge in [-0.2, -0.15) is 5.10 Å². The van der Waals surface area contributed by atoms with Crippen LogP contribution in [0.5, 0.6) is 0 Å². The number of benzene rings is 1. The van der Waals surface area contributed by atoms with Crippen molar-refractivity contribution < 1.29 is 9.53 Å². The highest BCUT2D eigenvalue weighted by Gasteiger charge is 2.13. The number of fused-ring (bicyclic) bond motifs is 1. The maximum atomic E-state index is 11.4. The molecule has 0 spiro atoms. The normalized spacial score (nSPS) is 10.6. The van der Waals surface area contributed by atoms with Crippen molar-refractivity contribution >= 4 is 17.0 Å². The smallest absolute Gasteiger partial charge is 0.376 e. The fourth-order valence-electron chi connectivity index (χ4n) is 1.77. The molecule has 0 saturated carbocycles. The quantitative estimate of drug-likeness (QED) is 0.650. The molecule has 0 aliphatic heterocycles. The second kappa shape index (κ2) is 4.49. The third-order valence-electron chi connectivity index (χ3n) is 2.68. The van der Waals surface area contributed by atoms with E-state index in [1.165, 1.54) is 7.11 Å². The summed E-state index contributed by atoms with van der Waals surface area (Å²) in [6, 6.07) is 9.55. The van der Waals surface area contributed by atoms with Gasteiger partial charge in [-0.3, -0.25) is 0 Å². The molecule has 6 nitrogen and oxygen atoms in total. The molecule has 2 heterocycles. The first-order chi connectivity index (χ1) is 9.29. The molecule has 0 aliphatic rings. The van der Waals surface area contributed by atoms with Gasteiger partial charge in [-0.1, -0.05) is 18.2 Å². The predicted molar refractivity (Wildman–Crippen MR) is 68.0 cm³/mol. The molecule has 0 amide bonds. The molecule has 3 aromatic rings. The Morgan fingerprint density at radius 3 is 2.74 bits per heavy atom. The van der Waals surface area contributed by atoms with E-state index in [1.54, 1.807) is 17.1 Å². The van der Waals surface area contributed by atoms with Crippen molar-refractivity contribution in [3.8, 4) is 5.69 Å². The van der Waals surface area contributed by atoms with Gasteiger partial charge in [0.2, 0.25) is 5.82 Å². The van der Waals surface area contributed by atoms with Crippen LogP contribution in [0.25, 0.3) is 16.7 Å². The number of methoxy groups -OCH3 is 1. The van der Waals surface area contributed by atoms with Crippen LogP contribution in [0.4, 0.5) is 0 Å². The van der Waals surface area contributed by atoms with Crippen LogP contribution in [0.3, 0.4) is 0 Å². The molecule has 0 atom stereocenters. The summed E-state index contributed by atoms with van der Waals surface area (Å²) in [6.45, 7) is 0. The zero-order valence-corrected chi connectivity index (χ0v) is 10.1. The second-order valence-electron chi connectivity index (χ2n) is 3.86. The molecular formula is C13H10N4O2. The molecule has 3 rings (SSSR count). The number of aromatic nitrogens is 4. The summed E-state index contributed by atoms with van der Waals surface area (Å²) >= 11 is 0. The average Bonchev–Trinajstić information content (AvgIpc) is 2.90. The number of rotatable bonds is 2. The summed E-state index contributed by atoms with van der Waals surface area (Å²) < 4.78 is 6.27. The van der Waals surface area contributed by atoms with Gasteiger partial charge in [-0.25, -0.2) is 19.4 Å². The highest BCUT2D eigenvalue weighted by molar-refractivity contribution is 5.87. The van der Waals surface area contributed by atoms with E-state index in [2.05, 4.69) is 19.8 Å². The van der Waals surface area contributed by atoms with E-state index in [0.717, 1.165) is 11.1 Å². The Morgan fingerprint density at radius 2 is 2.00 bits per heavy atom. The first kappa shape index (κ1) is 11.3. The van der Waals surface area contributed by atoms with Crippen LogP contribution < -0.4 is 0 Å². The van der Waals surface area contributed by atoms with Gasteiger partial charge in [-0.05, 0) is 12.1 Å². The molecule has 0 saturated heterocycles. The molecule has 0 bridgehead atoms. The minimum atomic E-state index is -0.567. The SMILES string of the molecule is COC(=O)c1ncc2cnn(-c3ccccc3)c2n1. The van der Waals surface area contributed by atoms with Crippen molar-refractivity contribution in [2.45, 2.75) is 0 Å². The van der Waals surface area contributed by atoms with E-state index < -0.39 is 5.97 Å². The van der Waals surface area contributed by atoms with E-state index >= 15 is 0 Å². The molecule has 0 N–H and O–H groups in total. The van der Waals surface area contributed by atoms with Crippen molar-refractivity contribution in [2.75, 3.05) is 7.11 Å². The number of hydrogen-bond donors (Lipinski definition) is 0. The maximum Gasteiger partial charge on any atom is 0.376 e. The zero-order valence-electron chi connectivity index (χ0n) is 10.1. The van der Waals surface area contributed by atoms with Crippen LogP contribution in [0.2, 0.25) is 0 Å². The van der Waals surface area contributed by atoms with Crippen molar-refractivity contribution in [1.82, 2.24) is 19.7 Å². The standard InChI is InChI=1S/C13H10N4O2/c1-19-13(18)11-14-7-9-8-15-17(12(9)16-11)10-5-3-2-4-6-10/h2-8H,1H3. The van der Waals surface area contributed by atoms with Gasteiger partial charge in [0.25, 0.3) is 0 Å². The lowest BCUT2D eigenvalue weighted by Gasteiger charge is -2.03. The number of carbonyl (C=O) groups is 1. The minimum Gasteiger partial charge on any atom is -0.463 e. The Balaban J connectivity index is 2.19. The highest BCUT2D eigenvalue weighted by atomic mass is 16.5. The zero-order chi connectivity index (χ0) is 13.2. The average molecular weight is 254 g/mol. The monoisotopic (exact) mass is 254 g/mol. The van der Waals surface area contributed by atoms with Crippen LogP contribution >= 0.6 is 0 Å². The van der Waals surface area contributed by atoms with E-state index in [4.69, 9.17) is 0 Å². The lowest BCUT2D eigenvalue weighted by atomic mass is 10.3. The summed E-state index contributed by atoms with van der Waals surface area (Å²) in [6.07, 6.45) is 3.21. The van der Waals surface area contributed by atoms with Crippen LogP contribution in [0, 0.1) is 0 Å². The van der Waals surface area contributed by atoms with Gasteiger partial charge in [0.15, 0.2) is 5.65 Å². The van der Waals surface area contributed by atoms with Gasteiger partial charge in [0.05, 0.1) is 24.4 Å². The third kappa shape index (κ3) is 1.93. The van der Waals surface area contributed by atoms with Gasteiger partial charge in [0.1, 0.15) is 0 Å². The fraction of sp³-hybridized carbons (Fsp3) is 0.0769. The van der Waals surface area contributed by atoms with Crippen LogP contribution in [0.1, 0.15) is 10.6 Å². The molecule has 0 radical (unpaired) electrons. The van der Waals surface area contributed by atoms with Gasteiger partial charge >= 0.3 is 5.97 Å². The second-order valence-corrected chi connectivity index (χ2v) is 3.86. The number of ether oxygens (including phenoxy) is 1. The Bertz CT molecular complexity index is 737. The minimum absolute atomic E-state index is 0.0210. The summed E-state index contributed by atoms with van der Waals surface area (Å²) in [5, 5.41) is 5.01. The van der Waals surface area contributed by atoms with Crippen molar-refractivity contribution in [3.63, 3.8) is 0 Å². The number of nitrogens with zero attached hydrogens (tertiary/aromatic N) is 4. The largest absolute Gasteiger partial charge is 0.463 e. The molecule has 0 unspecified atom stereocenters. The third-order valence-corrected chi connectivity index (χ3v) is 2.68.